The highest BCUT2D eigenvalue weighted by molar-refractivity contribution is 5.89. The molecule has 11 rings (SSSR count). The fourth-order valence-electron chi connectivity index (χ4n) is 8.59. The van der Waals surface area contributed by atoms with Crippen molar-refractivity contribution in [3.63, 3.8) is 0 Å². The maximum atomic E-state index is 6.75. The number of nitrogens with zero attached hydrogens (tertiary/aromatic N) is 2. The van der Waals surface area contributed by atoms with Gasteiger partial charge < -0.3 is 9.47 Å². The highest BCUT2D eigenvalue weighted by atomic mass is 16.6. The summed E-state index contributed by atoms with van der Waals surface area (Å²) in [7, 11) is 0. The molecular weight excluding hydrogens is 661 g/mol. The van der Waals surface area contributed by atoms with Gasteiger partial charge in [0.15, 0.2) is 23.0 Å². The Hall–Kier alpha value is -7.17. The molecule has 0 saturated heterocycles. The van der Waals surface area contributed by atoms with Gasteiger partial charge in [0, 0.05) is 11.3 Å². The van der Waals surface area contributed by atoms with Crippen LogP contribution in [0.1, 0.15) is 22.3 Å². The first kappa shape index (κ1) is 30.5. The predicted octanol–water partition coefficient (Wildman–Crippen LogP) is 12.6. The van der Waals surface area contributed by atoms with Gasteiger partial charge in [0.25, 0.3) is 0 Å². The van der Waals surface area contributed by atoms with Crippen LogP contribution in [0.2, 0.25) is 0 Å². The lowest BCUT2D eigenvalue weighted by atomic mass is 9.67. The predicted molar refractivity (Wildman–Crippen MR) is 216 cm³/mol. The maximum absolute atomic E-state index is 6.75. The molecule has 1 aliphatic heterocycles. The Morgan fingerprint density at radius 3 is 1.81 bits per heavy atom. The minimum Gasteiger partial charge on any atom is -0.450 e. The van der Waals surface area contributed by atoms with Gasteiger partial charge in [-0.3, -0.25) is 4.57 Å². The second-order valence-corrected chi connectivity index (χ2v) is 13.9. The van der Waals surface area contributed by atoms with Crippen molar-refractivity contribution < 1.29 is 9.47 Å². The number of imidazole rings is 1. The smallest absolute Gasteiger partial charge is 0.170 e. The van der Waals surface area contributed by atoms with Crippen LogP contribution in [0, 0.1) is 0 Å². The Bertz CT molecular complexity index is 2840. The third-order valence-corrected chi connectivity index (χ3v) is 10.9. The summed E-state index contributed by atoms with van der Waals surface area (Å²) in [5.74, 6) is 3.68. The monoisotopic (exact) mass is 692 g/mol. The van der Waals surface area contributed by atoms with Gasteiger partial charge in [0.05, 0.1) is 16.4 Å². The lowest BCUT2D eigenvalue weighted by molar-refractivity contribution is 0.359. The zero-order valence-corrected chi connectivity index (χ0v) is 29.2. The lowest BCUT2D eigenvalue weighted by Gasteiger charge is -2.34. The SMILES string of the molecule is c1ccc(-n2c(-c3cccc(-c4ccc5c(c4)Oc4cc6c(cc4O5)C(c4ccccc4)(c4ccccc4)c4ccccc4-6)c3)nc3ccccc32)cc1. The van der Waals surface area contributed by atoms with Crippen molar-refractivity contribution in [1.29, 1.82) is 0 Å². The minimum atomic E-state index is -0.511. The number of benzene rings is 8. The third-order valence-electron chi connectivity index (χ3n) is 10.9. The van der Waals surface area contributed by atoms with Crippen LogP contribution in [-0.4, -0.2) is 9.55 Å². The first-order chi connectivity index (χ1) is 26.8. The molecule has 9 aromatic rings. The van der Waals surface area contributed by atoms with E-state index >= 15 is 0 Å². The molecule has 0 fully saturated rings. The highest BCUT2D eigenvalue weighted by Gasteiger charge is 2.47. The Morgan fingerprint density at radius 1 is 0.407 bits per heavy atom. The van der Waals surface area contributed by atoms with Crippen molar-refractivity contribution in [3.8, 4) is 62.3 Å². The molecule has 0 spiro atoms. The molecule has 0 unspecified atom stereocenters. The Balaban J connectivity index is 1.00. The fourth-order valence-corrected chi connectivity index (χ4v) is 8.59. The van der Waals surface area contributed by atoms with Crippen molar-refractivity contribution >= 4 is 11.0 Å². The topological polar surface area (TPSA) is 36.3 Å². The van der Waals surface area contributed by atoms with Gasteiger partial charge >= 0.3 is 0 Å². The van der Waals surface area contributed by atoms with Gasteiger partial charge in [-0.05, 0) is 99.1 Å². The summed E-state index contributed by atoms with van der Waals surface area (Å²) in [5.41, 5.74) is 12.9. The fraction of sp³-hybridized carbons (Fsp3) is 0.0200. The Kier molecular flexibility index (Phi) is 6.73. The number of para-hydroxylation sites is 3. The highest BCUT2D eigenvalue weighted by Crippen LogP contribution is 2.59. The number of hydrogen-bond acceptors (Lipinski definition) is 3. The van der Waals surface area contributed by atoms with E-state index < -0.39 is 5.41 Å². The number of ether oxygens (including phenoxy) is 2. The van der Waals surface area contributed by atoms with E-state index in [1.165, 1.54) is 27.8 Å². The summed E-state index contributed by atoms with van der Waals surface area (Å²) >= 11 is 0. The molecule has 0 saturated carbocycles. The molecule has 4 heteroatoms. The quantitative estimate of drug-likeness (QED) is 0.180. The van der Waals surface area contributed by atoms with Crippen LogP contribution in [0.15, 0.2) is 194 Å². The van der Waals surface area contributed by atoms with Crippen LogP contribution < -0.4 is 9.47 Å². The summed E-state index contributed by atoms with van der Waals surface area (Å²) in [6, 6.07) is 68.2. The molecule has 0 radical (unpaired) electrons. The van der Waals surface area contributed by atoms with Crippen molar-refractivity contribution in [1.82, 2.24) is 9.55 Å². The zero-order valence-electron chi connectivity index (χ0n) is 29.2. The van der Waals surface area contributed by atoms with E-state index in [0.29, 0.717) is 23.0 Å². The largest absolute Gasteiger partial charge is 0.450 e. The molecule has 2 aliphatic rings. The molecule has 8 aromatic carbocycles. The molecule has 0 atom stereocenters. The van der Waals surface area contributed by atoms with E-state index in [0.717, 1.165) is 44.8 Å². The van der Waals surface area contributed by atoms with E-state index in [1.54, 1.807) is 0 Å². The molecule has 0 bridgehead atoms. The van der Waals surface area contributed by atoms with Crippen molar-refractivity contribution in [2.45, 2.75) is 5.41 Å². The van der Waals surface area contributed by atoms with Crippen molar-refractivity contribution in [3.05, 3.63) is 216 Å². The third kappa shape index (κ3) is 4.53. The molecular formula is C50H32N2O2. The summed E-state index contributed by atoms with van der Waals surface area (Å²) < 4.78 is 15.7. The standard InChI is InChI=1S/C50H32N2O2/c1-4-17-36(18-5-1)50(37-19-6-2-7-20-37)41-24-11-10-23-39(41)40-31-47-48(32-42(40)50)53-45-28-27-34(30-46(45)54-47)33-15-14-16-35(29-33)49-51-43-25-12-13-26-44(43)52(49)38-21-8-3-9-22-38/h1-32H. The second-order valence-electron chi connectivity index (χ2n) is 13.9. The van der Waals surface area contributed by atoms with E-state index in [4.69, 9.17) is 14.5 Å². The van der Waals surface area contributed by atoms with Crippen LogP contribution in [0.5, 0.6) is 23.0 Å². The van der Waals surface area contributed by atoms with Crippen LogP contribution in [0.25, 0.3) is 50.4 Å². The first-order valence-electron chi connectivity index (χ1n) is 18.3. The number of hydrogen-bond donors (Lipinski definition) is 0. The number of aromatic nitrogens is 2. The molecule has 54 heavy (non-hydrogen) atoms. The van der Waals surface area contributed by atoms with E-state index in [2.05, 4.69) is 180 Å². The molecule has 1 aromatic heterocycles. The molecule has 2 heterocycles. The summed E-state index contributed by atoms with van der Waals surface area (Å²) in [5, 5.41) is 0. The molecule has 0 amide bonds. The maximum Gasteiger partial charge on any atom is 0.170 e. The summed E-state index contributed by atoms with van der Waals surface area (Å²) in [6.07, 6.45) is 0. The normalized spacial score (nSPS) is 13.3. The Morgan fingerprint density at radius 2 is 1.02 bits per heavy atom. The van der Waals surface area contributed by atoms with Gasteiger partial charge in [-0.2, -0.15) is 0 Å². The van der Waals surface area contributed by atoms with Gasteiger partial charge in [-0.25, -0.2) is 4.98 Å². The van der Waals surface area contributed by atoms with E-state index in [9.17, 15) is 0 Å². The van der Waals surface area contributed by atoms with Gasteiger partial charge in [-0.1, -0.05) is 140 Å². The average molecular weight is 693 g/mol. The van der Waals surface area contributed by atoms with Gasteiger partial charge in [0.1, 0.15) is 5.82 Å². The Labute approximate surface area is 313 Å². The second kappa shape index (κ2) is 11.9. The number of fused-ring (bicyclic) bond motifs is 6. The molecule has 0 N–H and O–H groups in total. The van der Waals surface area contributed by atoms with Gasteiger partial charge in [0.2, 0.25) is 0 Å². The van der Waals surface area contributed by atoms with Gasteiger partial charge in [-0.15, -0.1) is 0 Å². The zero-order chi connectivity index (χ0) is 35.6. The van der Waals surface area contributed by atoms with Crippen LogP contribution in [0.3, 0.4) is 0 Å². The van der Waals surface area contributed by atoms with Crippen LogP contribution >= 0.6 is 0 Å². The molecule has 254 valence electrons. The summed E-state index contributed by atoms with van der Waals surface area (Å²) in [6.45, 7) is 0. The van der Waals surface area contributed by atoms with Crippen molar-refractivity contribution in [2.75, 3.05) is 0 Å². The first-order valence-corrected chi connectivity index (χ1v) is 18.3. The molecule has 1 aliphatic carbocycles. The minimum absolute atomic E-state index is 0.511. The lowest BCUT2D eigenvalue weighted by Crippen LogP contribution is -2.28. The van der Waals surface area contributed by atoms with E-state index in [-0.39, 0.29) is 0 Å². The van der Waals surface area contributed by atoms with E-state index in [1.807, 2.05) is 18.2 Å². The van der Waals surface area contributed by atoms with Crippen LogP contribution in [0.4, 0.5) is 0 Å². The summed E-state index contributed by atoms with van der Waals surface area (Å²) in [4.78, 5) is 5.10. The van der Waals surface area contributed by atoms with Crippen molar-refractivity contribution in [2.24, 2.45) is 0 Å². The molecule has 4 nitrogen and oxygen atoms in total. The average Bonchev–Trinajstić information content (AvgIpc) is 3.77. The van der Waals surface area contributed by atoms with Crippen LogP contribution in [-0.2, 0) is 5.41 Å². The number of rotatable bonds is 5.